The Kier molecular flexibility index (Phi) is 7.08. The molecule has 2 fully saturated rings. The fraction of sp³-hybridized carbons (Fsp3) is 0.667. The van der Waals surface area contributed by atoms with E-state index in [-0.39, 0.29) is 17.5 Å². The van der Waals surface area contributed by atoms with Crippen LogP contribution in [0.15, 0.2) is 17.3 Å². The van der Waals surface area contributed by atoms with Crippen molar-refractivity contribution in [2.45, 2.75) is 32.7 Å². The Morgan fingerprint density at radius 3 is 2.34 bits per heavy atom. The van der Waals surface area contributed by atoms with Crippen LogP contribution < -0.4 is 15.0 Å². The number of benzene rings is 1. The molecule has 3 rings (SSSR count). The molecule has 0 radical (unpaired) electrons. The number of rotatable bonds is 6. The van der Waals surface area contributed by atoms with E-state index in [4.69, 9.17) is 4.74 Å². The van der Waals surface area contributed by atoms with Crippen molar-refractivity contribution < 1.29 is 9.53 Å². The summed E-state index contributed by atoms with van der Waals surface area (Å²) in [7, 11) is 3.71. The summed E-state index contributed by atoms with van der Waals surface area (Å²) in [6.07, 6.45) is 2.16. The molecule has 0 atom stereocenters. The summed E-state index contributed by atoms with van der Waals surface area (Å²) in [5.41, 5.74) is 1.71. The number of anilines is 2. The molecule has 2 aliphatic rings. The molecule has 1 amide bonds. The number of ether oxygens (including phenoxy) is 1. The van der Waals surface area contributed by atoms with Crippen molar-refractivity contribution in [3.05, 3.63) is 17.0 Å². The van der Waals surface area contributed by atoms with Crippen LogP contribution >= 0.6 is 0 Å². The van der Waals surface area contributed by atoms with Gasteiger partial charge in [0.15, 0.2) is 5.69 Å². The van der Waals surface area contributed by atoms with Crippen LogP contribution in [0.2, 0.25) is 0 Å². The number of nitrogens with one attached hydrogen (secondary N) is 1. The van der Waals surface area contributed by atoms with Crippen LogP contribution in [0.3, 0.4) is 0 Å². The topological polar surface area (TPSA) is 77.5 Å². The first-order valence-electron chi connectivity index (χ1n) is 10.5. The van der Waals surface area contributed by atoms with Gasteiger partial charge in [-0.25, -0.2) is 0 Å². The lowest BCUT2D eigenvalue weighted by Crippen LogP contribution is -2.52. The third-order valence-electron chi connectivity index (χ3n) is 6.04. The summed E-state index contributed by atoms with van der Waals surface area (Å²) >= 11 is 0. The van der Waals surface area contributed by atoms with E-state index in [0.29, 0.717) is 17.5 Å². The fourth-order valence-corrected chi connectivity index (χ4v) is 4.09. The number of likely N-dealkylation sites (N-methyl/N-ethyl adjacent to an activating group) is 1. The van der Waals surface area contributed by atoms with Crippen LogP contribution in [0.25, 0.3) is 0 Å². The summed E-state index contributed by atoms with van der Waals surface area (Å²) in [4.78, 5) is 30.8. The average Bonchev–Trinajstić information content (AvgIpc) is 2.74. The van der Waals surface area contributed by atoms with Crippen molar-refractivity contribution in [1.82, 2.24) is 9.80 Å². The maximum atomic E-state index is 12.3. The molecule has 1 N–H and O–H groups in total. The van der Waals surface area contributed by atoms with Gasteiger partial charge in [0.25, 0.3) is 0 Å². The molecule has 8 nitrogen and oxygen atoms in total. The van der Waals surface area contributed by atoms with E-state index in [0.717, 1.165) is 57.8 Å². The van der Waals surface area contributed by atoms with Crippen LogP contribution in [0.1, 0.15) is 26.7 Å². The van der Waals surface area contributed by atoms with Crippen molar-refractivity contribution in [3.8, 4) is 5.75 Å². The largest absolute Gasteiger partial charge is 0.494 e. The molecule has 2 heterocycles. The Morgan fingerprint density at radius 2 is 1.79 bits per heavy atom. The van der Waals surface area contributed by atoms with E-state index in [2.05, 4.69) is 32.2 Å². The van der Waals surface area contributed by atoms with Crippen LogP contribution in [0.5, 0.6) is 5.75 Å². The monoisotopic (exact) mass is 403 g/mol. The fourth-order valence-electron chi connectivity index (χ4n) is 4.09. The Morgan fingerprint density at radius 1 is 1.14 bits per heavy atom. The number of methoxy groups -OCH3 is 1. The maximum absolute atomic E-state index is 12.3. The van der Waals surface area contributed by atoms with Gasteiger partial charge in [-0.3, -0.25) is 9.69 Å². The first kappa shape index (κ1) is 21.5. The van der Waals surface area contributed by atoms with Gasteiger partial charge >= 0.3 is 0 Å². The van der Waals surface area contributed by atoms with Gasteiger partial charge in [-0.15, -0.1) is 4.91 Å². The molecule has 0 saturated carbocycles. The summed E-state index contributed by atoms with van der Waals surface area (Å²) in [6, 6.07) is 4.04. The molecule has 0 bridgehead atoms. The molecule has 160 valence electrons. The number of amides is 1. The zero-order chi connectivity index (χ0) is 21.0. The van der Waals surface area contributed by atoms with Crippen molar-refractivity contribution in [3.63, 3.8) is 0 Å². The van der Waals surface area contributed by atoms with Gasteiger partial charge in [0.05, 0.1) is 18.5 Å². The molecule has 0 spiro atoms. The first-order valence-corrected chi connectivity index (χ1v) is 10.5. The van der Waals surface area contributed by atoms with E-state index in [1.807, 2.05) is 19.9 Å². The molecule has 2 aliphatic heterocycles. The molecule has 2 saturated heterocycles. The number of carbonyl (C=O) groups is 1. The predicted molar refractivity (Wildman–Crippen MR) is 116 cm³/mol. The molecule has 0 aromatic heterocycles. The average molecular weight is 404 g/mol. The minimum absolute atomic E-state index is 0.0828. The van der Waals surface area contributed by atoms with Crippen molar-refractivity contribution in [2.24, 2.45) is 11.1 Å². The number of nitrogens with zero attached hydrogens (tertiary/aromatic N) is 4. The molecule has 29 heavy (non-hydrogen) atoms. The summed E-state index contributed by atoms with van der Waals surface area (Å²) in [6.45, 7) is 10.0. The van der Waals surface area contributed by atoms with Crippen molar-refractivity contribution >= 4 is 23.0 Å². The number of carbonyl (C=O) groups excluding carboxylic acids is 1. The second-order valence-electron chi connectivity index (χ2n) is 8.33. The van der Waals surface area contributed by atoms with Gasteiger partial charge in [-0.05, 0) is 31.1 Å². The van der Waals surface area contributed by atoms with Gasteiger partial charge in [0.1, 0.15) is 5.75 Å². The molecule has 1 aromatic carbocycles. The number of piperazine rings is 1. The number of piperidine rings is 1. The van der Waals surface area contributed by atoms with Crippen LogP contribution in [-0.2, 0) is 4.79 Å². The van der Waals surface area contributed by atoms with Gasteiger partial charge in [-0.1, -0.05) is 13.8 Å². The van der Waals surface area contributed by atoms with Gasteiger partial charge < -0.3 is 19.9 Å². The van der Waals surface area contributed by atoms with Gasteiger partial charge in [0, 0.05) is 57.3 Å². The molecule has 0 aliphatic carbocycles. The number of nitroso groups, excluding NO2 is 1. The van der Waals surface area contributed by atoms with Crippen LogP contribution in [-0.4, -0.2) is 75.2 Å². The van der Waals surface area contributed by atoms with Crippen LogP contribution in [0, 0.1) is 10.8 Å². The van der Waals surface area contributed by atoms with E-state index in [9.17, 15) is 9.70 Å². The van der Waals surface area contributed by atoms with Gasteiger partial charge in [0.2, 0.25) is 5.91 Å². The van der Waals surface area contributed by atoms with Crippen molar-refractivity contribution in [1.29, 1.82) is 0 Å². The molecular weight excluding hydrogens is 370 g/mol. The summed E-state index contributed by atoms with van der Waals surface area (Å²) in [5, 5.41) is 6.03. The summed E-state index contributed by atoms with van der Waals surface area (Å²) < 4.78 is 5.36. The normalized spacial score (nSPS) is 19.4. The second-order valence-corrected chi connectivity index (χ2v) is 8.33. The first-order chi connectivity index (χ1) is 13.9. The lowest BCUT2D eigenvalue weighted by atomic mass is 10.0. The predicted octanol–water partition coefficient (Wildman–Crippen LogP) is 2.90. The highest BCUT2D eigenvalue weighted by Gasteiger charge is 2.28. The SMILES string of the molecule is COc1cc(N2CCC(N3CCN(C)CC3)CC2)c(NC(=O)C(C)C)cc1N=O. The Labute approximate surface area is 173 Å². The Hall–Kier alpha value is -2.19. The number of hydrogen-bond acceptors (Lipinski definition) is 7. The Bertz CT molecular complexity index is 723. The summed E-state index contributed by atoms with van der Waals surface area (Å²) in [5.74, 6) is 0.194. The highest BCUT2D eigenvalue weighted by atomic mass is 16.5. The zero-order valence-corrected chi connectivity index (χ0v) is 18.0. The molecule has 8 heteroatoms. The Balaban J connectivity index is 1.76. The third kappa shape index (κ3) is 5.05. The van der Waals surface area contributed by atoms with Gasteiger partial charge in [-0.2, -0.15) is 0 Å². The highest BCUT2D eigenvalue weighted by molar-refractivity contribution is 5.96. The lowest BCUT2D eigenvalue weighted by molar-refractivity contribution is -0.118. The van der Waals surface area contributed by atoms with E-state index >= 15 is 0 Å². The van der Waals surface area contributed by atoms with E-state index in [1.165, 1.54) is 7.11 Å². The standard InChI is InChI=1S/C21H33N5O3/c1-15(2)21(27)22-17-13-18(23-28)20(29-4)14-19(17)26-7-5-16(6-8-26)25-11-9-24(3)10-12-25/h13-16H,5-12H2,1-4H3,(H,22,27). The minimum Gasteiger partial charge on any atom is -0.494 e. The molecular formula is C21H33N5O3. The van der Waals surface area contributed by atoms with E-state index < -0.39 is 0 Å². The van der Waals surface area contributed by atoms with Crippen LogP contribution in [0.4, 0.5) is 17.1 Å². The third-order valence-corrected chi connectivity index (χ3v) is 6.04. The number of hydrogen-bond donors (Lipinski definition) is 1. The maximum Gasteiger partial charge on any atom is 0.226 e. The lowest BCUT2D eigenvalue weighted by Gasteiger charge is -2.43. The smallest absolute Gasteiger partial charge is 0.226 e. The van der Waals surface area contributed by atoms with Crippen molar-refractivity contribution in [2.75, 3.05) is 63.6 Å². The minimum atomic E-state index is -0.152. The molecule has 1 aromatic rings. The van der Waals surface area contributed by atoms with E-state index in [1.54, 1.807) is 6.07 Å². The highest BCUT2D eigenvalue weighted by Crippen LogP contribution is 2.40. The second kappa shape index (κ2) is 9.54. The zero-order valence-electron chi connectivity index (χ0n) is 18.0. The quantitative estimate of drug-likeness (QED) is 0.736. The molecule has 0 unspecified atom stereocenters.